The van der Waals surface area contributed by atoms with Crippen molar-refractivity contribution in [1.82, 2.24) is 0 Å². The van der Waals surface area contributed by atoms with Crippen LogP contribution in [0.15, 0.2) is 15.4 Å². The molecule has 0 heterocycles. The fraction of sp³-hybridized carbons (Fsp3) is 0.300. The second-order valence-electron chi connectivity index (χ2n) is 3.72. The molecule has 1 aromatic rings. The molecule has 86 valence electrons. The third kappa shape index (κ3) is 1.69. The summed E-state index contributed by atoms with van der Waals surface area (Å²) in [4.78, 5) is 11.1. The Bertz CT molecular complexity index is 593. The lowest BCUT2D eigenvalue weighted by Crippen LogP contribution is -2.09. The van der Waals surface area contributed by atoms with E-state index in [-0.39, 0.29) is 17.8 Å². The quantitative estimate of drug-likeness (QED) is 0.798. The van der Waals surface area contributed by atoms with Crippen molar-refractivity contribution in [3.05, 3.63) is 27.5 Å². The molecule has 0 bridgehead atoms. The number of benzene rings is 1. The monoisotopic (exact) mass is 306 g/mol. The van der Waals surface area contributed by atoms with E-state index in [1.54, 1.807) is 0 Å². The predicted octanol–water partition coefficient (Wildman–Crippen LogP) is 2.12. The largest absolute Gasteiger partial charge is 0.294 e. The van der Waals surface area contributed by atoms with E-state index in [9.17, 15) is 17.6 Å². The number of halogens is 2. The fourth-order valence-electron chi connectivity index (χ4n) is 1.91. The summed E-state index contributed by atoms with van der Waals surface area (Å²) in [7, 11) is -3.73. The van der Waals surface area contributed by atoms with Gasteiger partial charge in [-0.15, -0.1) is 0 Å². The molecule has 2 rings (SSSR count). The van der Waals surface area contributed by atoms with Crippen molar-refractivity contribution in [2.45, 2.75) is 17.7 Å². The van der Waals surface area contributed by atoms with Gasteiger partial charge in [-0.1, -0.05) is 15.9 Å². The first-order chi connectivity index (χ1) is 7.32. The van der Waals surface area contributed by atoms with Crippen LogP contribution in [0.5, 0.6) is 0 Å². The number of fused-ring (bicyclic) bond motifs is 1. The number of hydrogen-bond donors (Lipinski definition) is 0. The minimum Gasteiger partial charge on any atom is -0.294 e. The van der Waals surface area contributed by atoms with Crippen molar-refractivity contribution in [2.75, 3.05) is 6.26 Å². The molecule has 0 aromatic heterocycles. The Morgan fingerprint density at radius 3 is 2.56 bits per heavy atom. The molecule has 0 aliphatic heterocycles. The van der Waals surface area contributed by atoms with Crippen molar-refractivity contribution < 1.29 is 17.6 Å². The van der Waals surface area contributed by atoms with E-state index >= 15 is 0 Å². The zero-order valence-electron chi connectivity index (χ0n) is 8.38. The van der Waals surface area contributed by atoms with Crippen LogP contribution < -0.4 is 0 Å². The summed E-state index contributed by atoms with van der Waals surface area (Å²) >= 11 is 3.14. The predicted molar refractivity (Wildman–Crippen MR) is 59.9 cm³/mol. The lowest BCUT2D eigenvalue weighted by molar-refractivity contribution is 0.0991. The van der Waals surface area contributed by atoms with Crippen LogP contribution in [0, 0.1) is 5.82 Å². The van der Waals surface area contributed by atoms with Crippen LogP contribution in [-0.2, 0) is 16.3 Å². The Kier molecular flexibility index (Phi) is 2.66. The third-order valence-electron chi connectivity index (χ3n) is 2.54. The number of carbonyl (C=O) groups is 1. The maximum Gasteiger partial charge on any atom is 0.179 e. The summed E-state index contributed by atoms with van der Waals surface area (Å²) in [5.41, 5.74) is 0.612. The minimum absolute atomic E-state index is 0.0226. The van der Waals surface area contributed by atoms with Crippen LogP contribution in [0.3, 0.4) is 0 Å². The highest BCUT2D eigenvalue weighted by molar-refractivity contribution is 9.10. The summed E-state index contributed by atoms with van der Waals surface area (Å²) in [6.07, 6.45) is 1.60. The zero-order chi connectivity index (χ0) is 12.1. The van der Waals surface area contributed by atoms with Gasteiger partial charge in [0.05, 0.1) is 0 Å². The fourth-order valence-corrected chi connectivity index (χ4v) is 3.52. The molecule has 1 aliphatic rings. The summed E-state index contributed by atoms with van der Waals surface area (Å²) in [6.45, 7) is 0. The Hall–Kier alpha value is -0.750. The summed E-state index contributed by atoms with van der Waals surface area (Å²) in [5, 5.41) is 0. The topological polar surface area (TPSA) is 51.2 Å². The molecular formula is C10H8BrFO3S. The third-order valence-corrected chi connectivity index (χ3v) is 4.39. The highest BCUT2D eigenvalue weighted by Crippen LogP contribution is 2.35. The number of ketones is 1. The van der Waals surface area contributed by atoms with Crippen LogP contribution >= 0.6 is 15.9 Å². The molecule has 0 spiro atoms. The van der Waals surface area contributed by atoms with Gasteiger partial charge in [0.15, 0.2) is 15.6 Å². The Labute approximate surface area is 101 Å². The van der Waals surface area contributed by atoms with E-state index in [2.05, 4.69) is 15.9 Å². The molecule has 0 N–H and O–H groups in total. The SMILES string of the molecule is CS(=O)(=O)c1c(F)cc(Br)c2c1C(=O)CC2. The van der Waals surface area contributed by atoms with Crippen molar-refractivity contribution in [2.24, 2.45) is 0 Å². The number of rotatable bonds is 1. The van der Waals surface area contributed by atoms with Gasteiger partial charge in [0.2, 0.25) is 0 Å². The average molecular weight is 307 g/mol. The Balaban J connectivity index is 2.91. The molecular weight excluding hydrogens is 299 g/mol. The van der Waals surface area contributed by atoms with Gasteiger partial charge in [-0.25, -0.2) is 12.8 Å². The molecule has 16 heavy (non-hydrogen) atoms. The molecule has 1 aliphatic carbocycles. The van der Waals surface area contributed by atoms with Crippen molar-refractivity contribution in [3.63, 3.8) is 0 Å². The molecule has 0 amide bonds. The Morgan fingerprint density at radius 1 is 1.38 bits per heavy atom. The first-order valence-corrected chi connectivity index (χ1v) is 7.25. The smallest absolute Gasteiger partial charge is 0.179 e. The van der Waals surface area contributed by atoms with Gasteiger partial charge in [0.1, 0.15) is 10.7 Å². The Morgan fingerprint density at radius 2 is 2.00 bits per heavy atom. The molecule has 0 saturated carbocycles. The van der Waals surface area contributed by atoms with E-state index < -0.39 is 20.5 Å². The molecule has 0 unspecified atom stereocenters. The summed E-state index contributed by atoms with van der Waals surface area (Å²) < 4.78 is 37.0. The standard InChI is InChI=1S/C10H8BrFO3S/c1-16(14,15)10-7(12)4-6(11)5-2-3-8(13)9(5)10/h4H,2-3H2,1H3. The summed E-state index contributed by atoms with van der Waals surface area (Å²) in [5.74, 6) is -1.18. The number of sulfone groups is 1. The first kappa shape index (κ1) is 11.7. The van der Waals surface area contributed by atoms with E-state index in [1.165, 1.54) is 0 Å². The van der Waals surface area contributed by atoms with E-state index in [0.717, 1.165) is 12.3 Å². The van der Waals surface area contributed by atoms with Gasteiger partial charge in [0.25, 0.3) is 0 Å². The first-order valence-electron chi connectivity index (χ1n) is 4.56. The van der Waals surface area contributed by atoms with Crippen LogP contribution in [0.25, 0.3) is 0 Å². The second kappa shape index (κ2) is 3.63. The van der Waals surface area contributed by atoms with Gasteiger partial charge < -0.3 is 0 Å². The molecule has 0 atom stereocenters. The average Bonchev–Trinajstić information content (AvgIpc) is 2.46. The van der Waals surface area contributed by atoms with Crippen molar-refractivity contribution in [3.8, 4) is 0 Å². The highest BCUT2D eigenvalue weighted by Gasteiger charge is 2.31. The maximum atomic E-state index is 13.6. The molecule has 6 heteroatoms. The van der Waals surface area contributed by atoms with Crippen molar-refractivity contribution >= 4 is 31.6 Å². The molecule has 0 saturated heterocycles. The van der Waals surface area contributed by atoms with Gasteiger partial charge in [-0.2, -0.15) is 0 Å². The number of carbonyl (C=O) groups excluding carboxylic acids is 1. The van der Waals surface area contributed by atoms with Crippen LogP contribution in [-0.4, -0.2) is 20.5 Å². The van der Waals surface area contributed by atoms with Crippen molar-refractivity contribution in [1.29, 1.82) is 0 Å². The zero-order valence-corrected chi connectivity index (χ0v) is 10.8. The van der Waals surface area contributed by atoms with E-state index in [4.69, 9.17) is 0 Å². The molecule has 3 nitrogen and oxygen atoms in total. The van der Waals surface area contributed by atoms with Gasteiger partial charge >= 0.3 is 0 Å². The highest BCUT2D eigenvalue weighted by atomic mass is 79.9. The van der Waals surface area contributed by atoms with E-state index in [0.29, 0.717) is 16.5 Å². The van der Waals surface area contributed by atoms with Gasteiger partial charge in [0, 0.05) is 22.7 Å². The lowest BCUT2D eigenvalue weighted by Gasteiger charge is -2.08. The normalized spacial score (nSPS) is 15.3. The maximum absolute atomic E-state index is 13.6. The number of hydrogen-bond acceptors (Lipinski definition) is 3. The second-order valence-corrected chi connectivity index (χ2v) is 6.53. The lowest BCUT2D eigenvalue weighted by atomic mass is 10.1. The minimum atomic E-state index is -3.73. The summed E-state index contributed by atoms with van der Waals surface area (Å²) in [6, 6.07) is 1.10. The van der Waals surface area contributed by atoms with Gasteiger partial charge in [-0.3, -0.25) is 4.79 Å². The van der Waals surface area contributed by atoms with Crippen LogP contribution in [0.2, 0.25) is 0 Å². The number of Topliss-reactive ketones (excluding diaryl/α,β-unsaturated/α-hetero) is 1. The molecule has 0 radical (unpaired) electrons. The van der Waals surface area contributed by atoms with Crippen LogP contribution in [0.1, 0.15) is 22.3 Å². The molecule has 1 aromatic carbocycles. The van der Waals surface area contributed by atoms with Crippen LogP contribution in [0.4, 0.5) is 4.39 Å². The van der Waals surface area contributed by atoms with E-state index in [1.807, 2.05) is 0 Å². The van der Waals surface area contributed by atoms with Gasteiger partial charge in [-0.05, 0) is 18.1 Å². The molecule has 0 fully saturated rings.